The van der Waals surface area contributed by atoms with E-state index in [1.54, 1.807) is 18.5 Å². The van der Waals surface area contributed by atoms with Gasteiger partial charge in [-0.1, -0.05) is 60.1 Å². The van der Waals surface area contributed by atoms with Crippen molar-refractivity contribution in [2.75, 3.05) is 0 Å². The standard InChI is InChI=1S/C20H12ClNO2/c21-16-10-18-19(22-11-16)17(12-24-18)14-7-4-8-15(9-14)20(23)13-5-2-1-3-6-13/h1-12H. The smallest absolute Gasteiger partial charge is 0.193 e. The topological polar surface area (TPSA) is 43.1 Å². The fourth-order valence-electron chi connectivity index (χ4n) is 2.68. The van der Waals surface area contributed by atoms with Crippen LogP contribution in [-0.4, -0.2) is 10.8 Å². The van der Waals surface area contributed by atoms with E-state index >= 15 is 0 Å². The van der Waals surface area contributed by atoms with E-state index in [0.29, 0.717) is 21.7 Å². The molecule has 0 aliphatic rings. The maximum Gasteiger partial charge on any atom is 0.193 e. The normalized spacial score (nSPS) is 10.9. The van der Waals surface area contributed by atoms with E-state index in [0.717, 1.165) is 16.6 Å². The molecular weight excluding hydrogens is 322 g/mol. The zero-order chi connectivity index (χ0) is 16.5. The molecule has 2 aromatic heterocycles. The van der Waals surface area contributed by atoms with Crippen molar-refractivity contribution in [3.63, 3.8) is 0 Å². The Labute approximate surface area is 143 Å². The summed E-state index contributed by atoms with van der Waals surface area (Å²) in [5.41, 5.74) is 4.36. The molecule has 116 valence electrons. The zero-order valence-electron chi connectivity index (χ0n) is 12.6. The highest BCUT2D eigenvalue weighted by Crippen LogP contribution is 2.31. The molecule has 0 saturated carbocycles. The lowest BCUT2D eigenvalue weighted by molar-refractivity contribution is 0.103. The van der Waals surface area contributed by atoms with E-state index in [-0.39, 0.29) is 5.78 Å². The number of nitrogens with zero attached hydrogens (tertiary/aromatic N) is 1. The van der Waals surface area contributed by atoms with Gasteiger partial charge in [0.2, 0.25) is 0 Å². The van der Waals surface area contributed by atoms with Crippen LogP contribution in [0, 0.1) is 0 Å². The number of fused-ring (bicyclic) bond motifs is 1. The van der Waals surface area contributed by atoms with Crippen molar-refractivity contribution < 1.29 is 9.21 Å². The van der Waals surface area contributed by atoms with Crippen molar-refractivity contribution >= 4 is 28.5 Å². The van der Waals surface area contributed by atoms with E-state index in [4.69, 9.17) is 16.0 Å². The van der Waals surface area contributed by atoms with Gasteiger partial charge in [-0.3, -0.25) is 9.78 Å². The van der Waals surface area contributed by atoms with Crippen LogP contribution in [0.3, 0.4) is 0 Å². The van der Waals surface area contributed by atoms with E-state index in [2.05, 4.69) is 4.98 Å². The minimum atomic E-state index is -0.0127. The fraction of sp³-hybridized carbons (Fsp3) is 0. The Morgan fingerprint density at radius 1 is 0.958 bits per heavy atom. The van der Waals surface area contributed by atoms with Crippen molar-refractivity contribution in [2.45, 2.75) is 0 Å². The van der Waals surface area contributed by atoms with Crippen molar-refractivity contribution in [2.24, 2.45) is 0 Å². The summed E-state index contributed by atoms with van der Waals surface area (Å²) in [6.45, 7) is 0. The maximum absolute atomic E-state index is 12.6. The van der Waals surface area contributed by atoms with Gasteiger partial charge >= 0.3 is 0 Å². The predicted octanol–water partition coefficient (Wildman–Crippen LogP) is 5.38. The molecule has 0 spiro atoms. The second-order valence-electron chi connectivity index (χ2n) is 5.43. The number of ketones is 1. The Morgan fingerprint density at radius 2 is 1.75 bits per heavy atom. The van der Waals surface area contributed by atoms with Crippen LogP contribution >= 0.6 is 11.6 Å². The minimum absolute atomic E-state index is 0.0127. The largest absolute Gasteiger partial charge is 0.462 e. The first-order valence-electron chi connectivity index (χ1n) is 7.45. The summed E-state index contributed by atoms with van der Waals surface area (Å²) in [6.07, 6.45) is 3.22. The van der Waals surface area contributed by atoms with Gasteiger partial charge in [0.1, 0.15) is 11.8 Å². The predicted molar refractivity (Wildman–Crippen MR) is 94.3 cm³/mol. The number of hydrogen-bond donors (Lipinski definition) is 0. The SMILES string of the molecule is O=C(c1ccccc1)c1cccc(-c2coc3cc(Cl)cnc23)c1. The minimum Gasteiger partial charge on any atom is -0.462 e. The lowest BCUT2D eigenvalue weighted by atomic mass is 9.99. The average molecular weight is 334 g/mol. The Hall–Kier alpha value is -2.91. The van der Waals surface area contributed by atoms with Gasteiger partial charge in [0.05, 0.1) is 5.02 Å². The molecule has 0 aliphatic heterocycles. The molecule has 0 bridgehead atoms. The molecule has 2 aromatic carbocycles. The molecule has 4 rings (SSSR count). The second-order valence-corrected chi connectivity index (χ2v) is 5.86. The molecular formula is C20H12ClNO2. The Kier molecular flexibility index (Phi) is 3.63. The number of carbonyl (C=O) groups is 1. The third kappa shape index (κ3) is 2.59. The molecule has 3 nitrogen and oxygen atoms in total. The van der Waals surface area contributed by atoms with Gasteiger partial charge in [0.25, 0.3) is 0 Å². The summed E-state index contributed by atoms with van der Waals surface area (Å²) in [7, 11) is 0. The molecule has 0 saturated heterocycles. The van der Waals surface area contributed by atoms with Gasteiger partial charge in [-0.15, -0.1) is 0 Å². The number of hydrogen-bond acceptors (Lipinski definition) is 3. The van der Waals surface area contributed by atoms with Crippen LogP contribution in [0.2, 0.25) is 5.02 Å². The van der Waals surface area contributed by atoms with Gasteiger partial charge in [-0.05, 0) is 11.6 Å². The van der Waals surface area contributed by atoms with Crippen LogP contribution in [0.5, 0.6) is 0 Å². The maximum atomic E-state index is 12.6. The molecule has 0 N–H and O–H groups in total. The van der Waals surface area contributed by atoms with Gasteiger partial charge in [0, 0.05) is 29.0 Å². The lowest BCUT2D eigenvalue weighted by Gasteiger charge is -2.04. The molecule has 4 aromatic rings. The number of pyridine rings is 1. The van der Waals surface area contributed by atoms with E-state index in [1.165, 1.54) is 0 Å². The molecule has 0 aliphatic carbocycles. The number of rotatable bonds is 3. The van der Waals surface area contributed by atoms with Gasteiger partial charge in [0.15, 0.2) is 11.4 Å². The molecule has 0 unspecified atom stereocenters. The number of aromatic nitrogens is 1. The highest BCUT2D eigenvalue weighted by molar-refractivity contribution is 6.31. The Bertz CT molecular complexity index is 1040. The molecule has 4 heteroatoms. The molecule has 0 amide bonds. The van der Waals surface area contributed by atoms with Gasteiger partial charge in [-0.25, -0.2) is 0 Å². The number of furan rings is 1. The Morgan fingerprint density at radius 3 is 2.58 bits per heavy atom. The van der Waals surface area contributed by atoms with Crippen molar-refractivity contribution in [1.82, 2.24) is 4.98 Å². The quantitative estimate of drug-likeness (QED) is 0.473. The van der Waals surface area contributed by atoms with Crippen molar-refractivity contribution in [3.8, 4) is 11.1 Å². The van der Waals surface area contributed by atoms with Gasteiger partial charge < -0.3 is 4.42 Å². The first-order chi connectivity index (χ1) is 11.7. The van der Waals surface area contributed by atoms with Crippen LogP contribution in [-0.2, 0) is 0 Å². The fourth-order valence-corrected chi connectivity index (χ4v) is 2.83. The van der Waals surface area contributed by atoms with Crippen molar-refractivity contribution in [1.29, 1.82) is 0 Å². The van der Waals surface area contributed by atoms with Crippen LogP contribution in [0.4, 0.5) is 0 Å². The van der Waals surface area contributed by atoms with Crippen LogP contribution < -0.4 is 0 Å². The molecule has 2 heterocycles. The Balaban J connectivity index is 1.78. The lowest BCUT2D eigenvalue weighted by Crippen LogP contribution is -2.00. The highest BCUT2D eigenvalue weighted by atomic mass is 35.5. The average Bonchev–Trinajstić information content (AvgIpc) is 3.05. The summed E-state index contributed by atoms with van der Waals surface area (Å²) >= 11 is 5.94. The van der Waals surface area contributed by atoms with Crippen LogP contribution in [0.15, 0.2) is 77.5 Å². The monoisotopic (exact) mass is 333 g/mol. The number of halogens is 1. The van der Waals surface area contributed by atoms with Crippen molar-refractivity contribution in [3.05, 3.63) is 89.3 Å². The zero-order valence-corrected chi connectivity index (χ0v) is 13.3. The summed E-state index contributed by atoms with van der Waals surface area (Å²) in [5.74, 6) is -0.0127. The molecule has 0 atom stereocenters. The molecule has 0 fully saturated rings. The summed E-state index contributed by atoms with van der Waals surface area (Å²) in [6, 6.07) is 18.4. The van der Waals surface area contributed by atoms with E-state index in [1.807, 2.05) is 54.6 Å². The molecule has 24 heavy (non-hydrogen) atoms. The van der Waals surface area contributed by atoms with E-state index < -0.39 is 0 Å². The first kappa shape index (κ1) is 14.7. The summed E-state index contributed by atoms with van der Waals surface area (Å²) < 4.78 is 5.54. The van der Waals surface area contributed by atoms with Crippen LogP contribution in [0.25, 0.3) is 22.2 Å². The van der Waals surface area contributed by atoms with E-state index in [9.17, 15) is 4.79 Å². The highest BCUT2D eigenvalue weighted by Gasteiger charge is 2.13. The first-order valence-corrected chi connectivity index (χ1v) is 7.83. The number of benzene rings is 2. The second kappa shape index (κ2) is 5.95. The molecule has 0 radical (unpaired) electrons. The van der Waals surface area contributed by atoms with Gasteiger partial charge in [-0.2, -0.15) is 0 Å². The van der Waals surface area contributed by atoms with Crippen LogP contribution in [0.1, 0.15) is 15.9 Å². The number of carbonyl (C=O) groups excluding carboxylic acids is 1. The third-order valence-electron chi connectivity index (χ3n) is 3.85. The summed E-state index contributed by atoms with van der Waals surface area (Å²) in [4.78, 5) is 17.0. The third-order valence-corrected chi connectivity index (χ3v) is 4.06. The summed E-state index contributed by atoms with van der Waals surface area (Å²) in [5, 5.41) is 0.524.